The number of likely N-dealkylation sites (tertiary alicyclic amines) is 1. The monoisotopic (exact) mass is 298 g/mol. The van der Waals surface area contributed by atoms with E-state index in [1.807, 2.05) is 0 Å². The number of nitrogens with zero attached hydrogens (tertiary/aromatic N) is 1. The average molecular weight is 298 g/mol. The van der Waals surface area contributed by atoms with E-state index in [4.69, 9.17) is 5.11 Å². The molecule has 1 aliphatic rings. The number of carbonyl (C=O) groups is 2. The van der Waals surface area contributed by atoms with Crippen molar-refractivity contribution >= 4 is 12.0 Å². The van der Waals surface area contributed by atoms with Crippen molar-refractivity contribution < 1.29 is 33.0 Å². The Hall–Kier alpha value is -1.51. The SMILES string of the molecule is CC1CN(C(=O)NC(C)(C(=O)O)C(F)(F)F)CCC1O. The number of aliphatic carboxylic acids is 1. The van der Waals surface area contributed by atoms with Crippen molar-refractivity contribution in [3.8, 4) is 0 Å². The molecule has 0 aromatic rings. The van der Waals surface area contributed by atoms with Gasteiger partial charge in [-0.25, -0.2) is 9.59 Å². The summed E-state index contributed by atoms with van der Waals surface area (Å²) in [5.74, 6) is -2.46. The number of halogens is 3. The molecule has 0 bridgehead atoms. The van der Waals surface area contributed by atoms with E-state index in [1.165, 1.54) is 5.32 Å². The summed E-state index contributed by atoms with van der Waals surface area (Å²) < 4.78 is 38.3. The molecule has 0 aromatic heterocycles. The highest BCUT2D eigenvalue weighted by Crippen LogP contribution is 2.31. The summed E-state index contributed by atoms with van der Waals surface area (Å²) in [4.78, 5) is 23.7. The number of urea groups is 1. The molecule has 3 N–H and O–H groups in total. The van der Waals surface area contributed by atoms with E-state index in [0.29, 0.717) is 6.92 Å². The molecule has 0 spiro atoms. The summed E-state index contributed by atoms with van der Waals surface area (Å²) in [7, 11) is 0. The van der Waals surface area contributed by atoms with E-state index in [0.717, 1.165) is 4.90 Å². The molecule has 3 unspecified atom stereocenters. The maximum Gasteiger partial charge on any atom is 0.422 e. The van der Waals surface area contributed by atoms with Crippen LogP contribution in [-0.4, -0.2) is 58.0 Å². The van der Waals surface area contributed by atoms with Gasteiger partial charge < -0.3 is 20.4 Å². The fourth-order valence-electron chi connectivity index (χ4n) is 1.86. The normalized spacial score (nSPS) is 26.8. The quantitative estimate of drug-likeness (QED) is 0.703. The Bertz CT molecular complexity index is 402. The highest BCUT2D eigenvalue weighted by molar-refractivity contribution is 5.86. The zero-order valence-corrected chi connectivity index (χ0v) is 11.1. The summed E-state index contributed by atoms with van der Waals surface area (Å²) >= 11 is 0. The molecule has 2 amide bonds. The van der Waals surface area contributed by atoms with Crippen LogP contribution in [0.1, 0.15) is 20.3 Å². The maximum absolute atomic E-state index is 12.8. The van der Waals surface area contributed by atoms with Gasteiger partial charge in [0.15, 0.2) is 0 Å². The highest BCUT2D eigenvalue weighted by Gasteiger charge is 2.59. The number of carboxylic acid groups (broad SMARTS) is 1. The summed E-state index contributed by atoms with van der Waals surface area (Å²) in [6, 6.07) is -1.11. The smallest absolute Gasteiger partial charge is 0.422 e. The first-order chi connectivity index (χ1) is 8.99. The Balaban J connectivity index is 2.81. The van der Waals surface area contributed by atoms with Crippen molar-refractivity contribution in [3.05, 3.63) is 0 Å². The fraction of sp³-hybridized carbons (Fsp3) is 0.818. The molecule has 0 aromatic carbocycles. The zero-order chi connectivity index (χ0) is 15.7. The molecule has 3 atom stereocenters. The van der Waals surface area contributed by atoms with Gasteiger partial charge in [0.25, 0.3) is 0 Å². The second-order valence-corrected chi connectivity index (χ2v) is 5.14. The number of hydrogen-bond acceptors (Lipinski definition) is 3. The second kappa shape index (κ2) is 5.47. The predicted octanol–water partition coefficient (Wildman–Crippen LogP) is 0.804. The third-order valence-corrected chi connectivity index (χ3v) is 3.50. The van der Waals surface area contributed by atoms with Crippen LogP contribution < -0.4 is 5.32 Å². The number of alkyl halides is 3. The molecule has 0 radical (unpaired) electrons. The summed E-state index contributed by atoms with van der Waals surface area (Å²) in [5, 5.41) is 19.7. The van der Waals surface area contributed by atoms with Crippen LogP contribution in [0.15, 0.2) is 0 Å². The van der Waals surface area contributed by atoms with Crippen LogP contribution in [0.2, 0.25) is 0 Å². The third-order valence-electron chi connectivity index (χ3n) is 3.50. The van der Waals surface area contributed by atoms with Crippen LogP contribution in [0.3, 0.4) is 0 Å². The van der Waals surface area contributed by atoms with Gasteiger partial charge in [-0.15, -0.1) is 0 Å². The minimum Gasteiger partial charge on any atom is -0.479 e. The molecule has 1 rings (SSSR count). The zero-order valence-electron chi connectivity index (χ0n) is 11.1. The molecule has 0 saturated carbocycles. The number of carboxylic acids is 1. The average Bonchev–Trinajstić information content (AvgIpc) is 2.30. The lowest BCUT2D eigenvalue weighted by Crippen LogP contribution is -2.64. The molecule has 6 nitrogen and oxygen atoms in total. The van der Waals surface area contributed by atoms with Crippen LogP contribution in [0.4, 0.5) is 18.0 Å². The van der Waals surface area contributed by atoms with E-state index in [2.05, 4.69) is 0 Å². The molecular formula is C11H17F3N2O4. The lowest BCUT2D eigenvalue weighted by Gasteiger charge is -2.37. The number of carbonyl (C=O) groups excluding carboxylic acids is 1. The van der Waals surface area contributed by atoms with Crippen molar-refractivity contribution in [3.63, 3.8) is 0 Å². The number of aliphatic hydroxyl groups is 1. The Labute approximate surface area is 113 Å². The van der Waals surface area contributed by atoms with Gasteiger partial charge in [0.2, 0.25) is 5.54 Å². The topological polar surface area (TPSA) is 89.9 Å². The van der Waals surface area contributed by atoms with Gasteiger partial charge >= 0.3 is 18.2 Å². The number of nitrogens with one attached hydrogen (secondary N) is 1. The van der Waals surface area contributed by atoms with Gasteiger partial charge in [-0.2, -0.15) is 13.2 Å². The van der Waals surface area contributed by atoms with Gasteiger partial charge in [-0.3, -0.25) is 0 Å². The number of aliphatic hydroxyl groups excluding tert-OH is 1. The highest BCUT2D eigenvalue weighted by atomic mass is 19.4. The second-order valence-electron chi connectivity index (χ2n) is 5.14. The number of piperidine rings is 1. The fourth-order valence-corrected chi connectivity index (χ4v) is 1.86. The molecule has 1 heterocycles. The minimum absolute atomic E-state index is 0.0700. The number of hydrogen-bond donors (Lipinski definition) is 3. The van der Waals surface area contributed by atoms with Gasteiger partial charge in [-0.1, -0.05) is 6.92 Å². The van der Waals surface area contributed by atoms with Crippen molar-refractivity contribution in [2.75, 3.05) is 13.1 Å². The van der Waals surface area contributed by atoms with Crippen LogP contribution in [0.25, 0.3) is 0 Å². The van der Waals surface area contributed by atoms with Gasteiger partial charge in [0.1, 0.15) is 0 Å². The first-order valence-corrected chi connectivity index (χ1v) is 6.04. The van der Waals surface area contributed by atoms with Crippen molar-refractivity contribution in [2.45, 2.75) is 38.1 Å². The van der Waals surface area contributed by atoms with Gasteiger partial charge in [-0.05, 0) is 19.3 Å². The van der Waals surface area contributed by atoms with Crippen LogP contribution in [0.5, 0.6) is 0 Å². The van der Waals surface area contributed by atoms with Gasteiger partial charge in [0, 0.05) is 13.1 Å². The van der Waals surface area contributed by atoms with E-state index in [1.54, 1.807) is 6.92 Å². The minimum atomic E-state index is -5.12. The standard InChI is InChI=1S/C11H17F3N2O4/c1-6-5-16(4-3-7(6)17)9(20)15-10(2,8(18)19)11(12,13)14/h6-7,17H,3-5H2,1-2H3,(H,15,20)(H,18,19). The van der Waals surface area contributed by atoms with Crippen LogP contribution in [-0.2, 0) is 4.79 Å². The molecular weight excluding hydrogens is 281 g/mol. The van der Waals surface area contributed by atoms with Crippen molar-refractivity contribution in [1.29, 1.82) is 0 Å². The van der Waals surface area contributed by atoms with Crippen molar-refractivity contribution in [1.82, 2.24) is 10.2 Å². The summed E-state index contributed by atoms with van der Waals surface area (Å²) in [5.41, 5.74) is -3.34. The van der Waals surface area contributed by atoms with Crippen molar-refractivity contribution in [2.24, 2.45) is 5.92 Å². The summed E-state index contributed by atoms with van der Waals surface area (Å²) in [6.07, 6.45) is -5.49. The predicted molar refractivity (Wildman–Crippen MR) is 62.0 cm³/mol. The Morgan fingerprint density at radius 2 is 1.90 bits per heavy atom. The molecule has 1 aliphatic heterocycles. The lowest BCUT2D eigenvalue weighted by atomic mass is 9.97. The van der Waals surface area contributed by atoms with Crippen LogP contribution in [0, 0.1) is 5.92 Å². The van der Waals surface area contributed by atoms with E-state index in [-0.39, 0.29) is 25.4 Å². The maximum atomic E-state index is 12.8. The van der Waals surface area contributed by atoms with E-state index in [9.17, 15) is 27.9 Å². The molecule has 1 fully saturated rings. The molecule has 20 heavy (non-hydrogen) atoms. The Morgan fingerprint density at radius 3 is 2.30 bits per heavy atom. The third kappa shape index (κ3) is 3.14. The summed E-state index contributed by atoms with van der Waals surface area (Å²) in [6.45, 7) is 2.20. The number of rotatable bonds is 2. The lowest BCUT2D eigenvalue weighted by molar-refractivity contribution is -0.203. The molecule has 1 saturated heterocycles. The Kier molecular flexibility index (Phi) is 4.52. The first-order valence-electron chi connectivity index (χ1n) is 6.04. The molecule has 116 valence electrons. The first kappa shape index (κ1) is 16.5. The van der Waals surface area contributed by atoms with Gasteiger partial charge in [0.05, 0.1) is 6.10 Å². The molecule has 0 aliphatic carbocycles. The largest absolute Gasteiger partial charge is 0.479 e. The number of amides is 2. The van der Waals surface area contributed by atoms with E-state index < -0.39 is 29.8 Å². The van der Waals surface area contributed by atoms with Crippen LogP contribution >= 0.6 is 0 Å². The molecule has 9 heteroatoms. The van der Waals surface area contributed by atoms with E-state index >= 15 is 0 Å². The Morgan fingerprint density at radius 1 is 1.35 bits per heavy atom.